The second kappa shape index (κ2) is 7.86. The van der Waals surface area contributed by atoms with Gasteiger partial charge in [0.25, 0.3) is 0 Å². The van der Waals surface area contributed by atoms with Crippen LogP contribution in [0.2, 0.25) is 0 Å². The third-order valence-electron chi connectivity index (χ3n) is 3.68. The van der Waals surface area contributed by atoms with E-state index < -0.39 is 5.97 Å². The number of carbonyl (C=O) groups is 1. The number of carbonyl (C=O) groups excluding carboxylic acids is 1. The number of aliphatic imine (C=N–C) groups is 1. The highest BCUT2D eigenvalue weighted by atomic mass is 19.1. The maximum Gasteiger partial charge on any atom is 0.363 e. The van der Waals surface area contributed by atoms with Crippen LogP contribution in [0.25, 0.3) is 6.08 Å². The first-order valence-corrected chi connectivity index (χ1v) is 8.20. The largest absolute Gasteiger partial charge is 0.493 e. The maximum atomic E-state index is 13.0. The van der Waals surface area contributed by atoms with Crippen LogP contribution >= 0.6 is 0 Å². The minimum absolute atomic E-state index is 0.138. The molecule has 0 unspecified atom stereocenters. The standard InChI is InChI=1S/C21H18FNO4/c1-13(2)12-26-19-11-14(4-9-18(19)25-3)10-17-21(24)27-20(23-17)15-5-7-16(22)8-6-15/h4-11H,1,12H2,2-3H3. The molecule has 5 nitrogen and oxygen atoms in total. The molecule has 0 amide bonds. The molecule has 0 fully saturated rings. The first-order valence-electron chi connectivity index (χ1n) is 8.20. The van der Waals surface area contributed by atoms with Crippen molar-refractivity contribution in [2.75, 3.05) is 13.7 Å². The van der Waals surface area contributed by atoms with E-state index in [9.17, 15) is 9.18 Å². The summed E-state index contributed by atoms with van der Waals surface area (Å²) >= 11 is 0. The molecular weight excluding hydrogens is 349 g/mol. The van der Waals surface area contributed by atoms with Gasteiger partial charge in [-0.05, 0) is 60.5 Å². The van der Waals surface area contributed by atoms with Gasteiger partial charge in [0.2, 0.25) is 5.90 Å². The van der Waals surface area contributed by atoms with E-state index in [4.69, 9.17) is 14.2 Å². The molecule has 0 saturated carbocycles. The summed E-state index contributed by atoms with van der Waals surface area (Å²) in [6.07, 6.45) is 1.59. The Bertz CT molecular complexity index is 945. The fourth-order valence-electron chi connectivity index (χ4n) is 2.38. The molecule has 0 saturated heterocycles. The van der Waals surface area contributed by atoms with Crippen LogP contribution < -0.4 is 9.47 Å². The number of nitrogens with zero attached hydrogens (tertiary/aromatic N) is 1. The van der Waals surface area contributed by atoms with E-state index in [2.05, 4.69) is 11.6 Å². The van der Waals surface area contributed by atoms with Gasteiger partial charge in [0.15, 0.2) is 17.2 Å². The summed E-state index contributed by atoms with van der Waals surface area (Å²) in [4.78, 5) is 16.3. The third kappa shape index (κ3) is 4.41. The molecule has 0 bridgehead atoms. The molecular formula is C21H18FNO4. The number of rotatable bonds is 6. The topological polar surface area (TPSA) is 57.1 Å². The van der Waals surface area contributed by atoms with Crippen LogP contribution in [0.3, 0.4) is 0 Å². The fraction of sp³-hybridized carbons (Fsp3) is 0.143. The molecule has 0 N–H and O–H groups in total. The Morgan fingerprint density at radius 2 is 1.96 bits per heavy atom. The van der Waals surface area contributed by atoms with Gasteiger partial charge in [-0.25, -0.2) is 14.2 Å². The van der Waals surface area contributed by atoms with Gasteiger partial charge in [-0.15, -0.1) is 0 Å². The average molecular weight is 367 g/mol. The smallest absolute Gasteiger partial charge is 0.363 e. The zero-order chi connectivity index (χ0) is 19.4. The lowest BCUT2D eigenvalue weighted by Crippen LogP contribution is -2.05. The van der Waals surface area contributed by atoms with Gasteiger partial charge < -0.3 is 14.2 Å². The SMILES string of the molecule is C=C(C)COc1cc(C=C2N=C(c3ccc(F)cc3)OC2=O)ccc1OC. The Hall–Kier alpha value is -3.41. The number of cyclic esters (lactones) is 1. The zero-order valence-electron chi connectivity index (χ0n) is 15.0. The predicted octanol–water partition coefficient (Wildman–Crippen LogP) is 4.13. The van der Waals surface area contributed by atoms with Gasteiger partial charge >= 0.3 is 5.97 Å². The summed E-state index contributed by atoms with van der Waals surface area (Å²) in [6, 6.07) is 10.8. The molecule has 6 heteroatoms. The van der Waals surface area contributed by atoms with Crippen molar-refractivity contribution < 1.29 is 23.4 Å². The van der Waals surface area contributed by atoms with Crippen LogP contribution in [0.1, 0.15) is 18.1 Å². The first-order chi connectivity index (χ1) is 13.0. The van der Waals surface area contributed by atoms with Gasteiger partial charge in [-0.3, -0.25) is 0 Å². The molecule has 1 heterocycles. The quantitative estimate of drug-likeness (QED) is 0.438. The van der Waals surface area contributed by atoms with Crippen LogP contribution in [0.15, 0.2) is 65.3 Å². The molecule has 0 spiro atoms. The molecule has 0 radical (unpaired) electrons. The number of ether oxygens (including phenoxy) is 3. The van der Waals surface area contributed by atoms with E-state index in [0.29, 0.717) is 29.2 Å². The predicted molar refractivity (Wildman–Crippen MR) is 100 cm³/mol. The highest BCUT2D eigenvalue weighted by Gasteiger charge is 2.24. The highest BCUT2D eigenvalue weighted by molar-refractivity contribution is 6.12. The molecule has 0 aromatic heterocycles. The van der Waals surface area contributed by atoms with Crippen molar-refractivity contribution in [1.29, 1.82) is 0 Å². The number of halogens is 1. The Balaban J connectivity index is 1.88. The van der Waals surface area contributed by atoms with Crippen molar-refractivity contribution in [3.8, 4) is 11.5 Å². The normalized spacial score (nSPS) is 14.7. The van der Waals surface area contributed by atoms with Crippen LogP contribution in [0, 0.1) is 5.82 Å². The number of esters is 1. The van der Waals surface area contributed by atoms with Crippen molar-refractivity contribution in [3.63, 3.8) is 0 Å². The highest BCUT2D eigenvalue weighted by Crippen LogP contribution is 2.30. The lowest BCUT2D eigenvalue weighted by Gasteiger charge is -2.11. The van der Waals surface area contributed by atoms with Gasteiger partial charge in [-0.1, -0.05) is 12.6 Å². The summed E-state index contributed by atoms with van der Waals surface area (Å²) in [7, 11) is 1.55. The number of methoxy groups -OCH3 is 1. The van der Waals surface area contributed by atoms with Crippen LogP contribution in [-0.4, -0.2) is 25.6 Å². The van der Waals surface area contributed by atoms with Gasteiger partial charge in [0.05, 0.1) is 7.11 Å². The molecule has 0 aliphatic carbocycles. The van der Waals surface area contributed by atoms with Crippen molar-refractivity contribution in [2.24, 2.45) is 4.99 Å². The Morgan fingerprint density at radius 1 is 1.22 bits per heavy atom. The van der Waals surface area contributed by atoms with Gasteiger partial charge in [0.1, 0.15) is 12.4 Å². The molecule has 2 aromatic carbocycles. The number of hydrogen-bond donors (Lipinski definition) is 0. The van der Waals surface area contributed by atoms with Crippen molar-refractivity contribution in [3.05, 3.63) is 77.3 Å². The summed E-state index contributed by atoms with van der Waals surface area (Å²) in [6.45, 7) is 6.02. The van der Waals surface area contributed by atoms with Crippen LogP contribution in [-0.2, 0) is 9.53 Å². The second-order valence-electron chi connectivity index (χ2n) is 6.00. The molecule has 27 heavy (non-hydrogen) atoms. The lowest BCUT2D eigenvalue weighted by atomic mass is 10.1. The number of hydrogen-bond acceptors (Lipinski definition) is 5. The summed E-state index contributed by atoms with van der Waals surface area (Å²) in [5.41, 5.74) is 2.23. The third-order valence-corrected chi connectivity index (χ3v) is 3.68. The minimum Gasteiger partial charge on any atom is -0.493 e. The molecule has 1 aliphatic rings. The van der Waals surface area contributed by atoms with E-state index >= 15 is 0 Å². The maximum absolute atomic E-state index is 13.0. The summed E-state index contributed by atoms with van der Waals surface area (Å²) in [5.74, 6) is 0.292. The van der Waals surface area contributed by atoms with E-state index in [0.717, 1.165) is 5.57 Å². The van der Waals surface area contributed by atoms with E-state index in [-0.39, 0.29) is 17.4 Å². The van der Waals surface area contributed by atoms with E-state index in [1.165, 1.54) is 24.3 Å². The minimum atomic E-state index is -0.574. The lowest BCUT2D eigenvalue weighted by molar-refractivity contribution is -0.129. The van der Waals surface area contributed by atoms with Crippen LogP contribution in [0.5, 0.6) is 11.5 Å². The van der Waals surface area contributed by atoms with Crippen molar-refractivity contribution >= 4 is 17.9 Å². The summed E-state index contributed by atoms with van der Waals surface area (Å²) < 4.78 is 29.2. The van der Waals surface area contributed by atoms with Gasteiger partial charge in [-0.2, -0.15) is 0 Å². The number of benzene rings is 2. The molecule has 2 aromatic rings. The molecule has 0 atom stereocenters. The second-order valence-corrected chi connectivity index (χ2v) is 6.00. The monoisotopic (exact) mass is 367 g/mol. The fourth-order valence-corrected chi connectivity index (χ4v) is 2.38. The average Bonchev–Trinajstić information content (AvgIpc) is 3.01. The summed E-state index contributed by atoms with van der Waals surface area (Å²) in [5, 5.41) is 0. The van der Waals surface area contributed by atoms with Gasteiger partial charge in [0, 0.05) is 5.56 Å². The Labute approximate surface area is 156 Å². The van der Waals surface area contributed by atoms with Crippen molar-refractivity contribution in [1.82, 2.24) is 0 Å². The molecule has 138 valence electrons. The van der Waals surface area contributed by atoms with Crippen LogP contribution in [0.4, 0.5) is 4.39 Å². The van der Waals surface area contributed by atoms with E-state index in [1.54, 1.807) is 31.4 Å². The van der Waals surface area contributed by atoms with Crippen molar-refractivity contribution in [2.45, 2.75) is 6.92 Å². The molecule has 3 rings (SSSR count). The Kier molecular flexibility index (Phi) is 5.35. The molecule has 1 aliphatic heterocycles. The Morgan fingerprint density at radius 3 is 2.63 bits per heavy atom. The zero-order valence-corrected chi connectivity index (χ0v) is 15.0. The first kappa shape index (κ1) is 18.4. The van der Waals surface area contributed by atoms with E-state index in [1.807, 2.05) is 6.92 Å².